The third-order valence-electron chi connectivity index (χ3n) is 3.94. The van der Waals surface area contributed by atoms with Gasteiger partial charge in [-0.1, -0.05) is 23.4 Å². The Labute approximate surface area is 150 Å². The van der Waals surface area contributed by atoms with Crippen molar-refractivity contribution in [2.24, 2.45) is 0 Å². The molecule has 1 aliphatic rings. The molecule has 0 amide bonds. The van der Waals surface area contributed by atoms with Crippen molar-refractivity contribution in [2.75, 3.05) is 7.11 Å². The Kier molecular flexibility index (Phi) is 3.89. The number of carbonyl (C=O) groups excluding carboxylic acids is 1. The van der Waals surface area contributed by atoms with Gasteiger partial charge in [0.1, 0.15) is 16.5 Å². The van der Waals surface area contributed by atoms with Crippen molar-refractivity contribution >= 4 is 22.8 Å². The average molecular weight is 368 g/mol. The second kappa shape index (κ2) is 6.23. The van der Waals surface area contributed by atoms with Crippen LogP contribution in [0.4, 0.5) is 0 Å². The third kappa shape index (κ3) is 2.51. The van der Waals surface area contributed by atoms with E-state index < -0.39 is 16.8 Å². The highest BCUT2D eigenvalue weighted by molar-refractivity contribution is 7.89. The van der Waals surface area contributed by atoms with Gasteiger partial charge in [-0.15, -0.1) is 0 Å². The van der Waals surface area contributed by atoms with Crippen LogP contribution < -0.4 is 0 Å². The molecule has 26 heavy (non-hydrogen) atoms. The van der Waals surface area contributed by atoms with Crippen molar-refractivity contribution in [3.63, 3.8) is 0 Å². The Hall–Kier alpha value is -3.26. The first kappa shape index (κ1) is 16.2. The molecule has 8 heteroatoms. The number of esters is 1. The van der Waals surface area contributed by atoms with Crippen LogP contribution in [0.5, 0.6) is 0 Å². The highest BCUT2D eigenvalue weighted by Gasteiger charge is 2.28. The molecule has 7 nitrogen and oxygen atoms in total. The summed E-state index contributed by atoms with van der Waals surface area (Å²) in [5.74, 6) is -0.739. The van der Waals surface area contributed by atoms with Crippen LogP contribution in [-0.2, 0) is 15.5 Å². The fourth-order valence-electron chi connectivity index (χ4n) is 2.73. The highest BCUT2D eigenvalue weighted by Crippen LogP contribution is 2.37. The van der Waals surface area contributed by atoms with Crippen LogP contribution in [0.15, 0.2) is 57.1 Å². The van der Waals surface area contributed by atoms with Gasteiger partial charge in [0, 0.05) is 11.8 Å². The smallest absolute Gasteiger partial charge is 0.377 e. The summed E-state index contributed by atoms with van der Waals surface area (Å²) in [7, 11) is -0.381. The zero-order chi connectivity index (χ0) is 18.3. The average Bonchev–Trinajstić information content (AvgIpc) is 3.23. The maximum Gasteiger partial charge on any atom is 0.377 e. The highest BCUT2D eigenvalue weighted by atomic mass is 32.2. The van der Waals surface area contributed by atoms with Crippen LogP contribution in [0, 0.1) is 0 Å². The number of hydrogen-bond acceptors (Lipinski definition) is 7. The molecule has 0 spiro atoms. The summed E-state index contributed by atoms with van der Waals surface area (Å²) >= 11 is 0. The van der Waals surface area contributed by atoms with Gasteiger partial charge in [-0.25, -0.2) is 9.00 Å². The Bertz CT molecular complexity index is 1070. The summed E-state index contributed by atoms with van der Waals surface area (Å²) < 4.78 is 22.1. The van der Waals surface area contributed by atoms with Gasteiger partial charge in [0.05, 0.1) is 23.3 Å². The van der Waals surface area contributed by atoms with E-state index in [-0.39, 0.29) is 10.9 Å². The lowest BCUT2D eigenvalue weighted by atomic mass is 10.0. The number of hydrogen-bond donors (Lipinski definition) is 1. The standard InChI is InChI=1S/C18H12N2O5S/c1-24-18(22)17-15(12-4-2-3-7-19-12)16(20-25-17)11-6-5-10-9-14(21)26(23)13(10)8-11/h2-9,21H,1H3. The predicted octanol–water partition coefficient (Wildman–Crippen LogP) is 3.17. The lowest BCUT2D eigenvalue weighted by Gasteiger charge is -2.05. The maximum absolute atomic E-state index is 12.2. The molecule has 1 aromatic carbocycles. The normalized spacial score (nSPS) is 15.4. The Morgan fingerprint density at radius 1 is 1.27 bits per heavy atom. The van der Waals surface area contributed by atoms with Crippen molar-refractivity contribution in [3.8, 4) is 22.5 Å². The molecule has 0 saturated heterocycles. The van der Waals surface area contributed by atoms with Crippen molar-refractivity contribution < 1.29 is 23.4 Å². The molecule has 1 N–H and O–H groups in total. The quantitative estimate of drug-likeness (QED) is 0.708. The first-order valence-corrected chi connectivity index (χ1v) is 8.71. The predicted molar refractivity (Wildman–Crippen MR) is 93.5 cm³/mol. The maximum atomic E-state index is 12.2. The summed E-state index contributed by atoms with van der Waals surface area (Å²) in [4.78, 5) is 16.8. The number of aliphatic hydroxyl groups is 1. The van der Waals surface area contributed by atoms with Crippen molar-refractivity contribution in [1.29, 1.82) is 0 Å². The molecular weight excluding hydrogens is 356 g/mol. The minimum absolute atomic E-state index is 0.0659. The summed E-state index contributed by atoms with van der Waals surface area (Å²) in [6.07, 6.45) is 3.05. The van der Waals surface area contributed by atoms with E-state index in [0.29, 0.717) is 33.0 Å². The zero-order valence-corrected chi connectivity index (χ0v) is 14.3. The van der Waals surface area contributed by atoms with Gasteiger partial charge < -0.3 is 14.4 Å². The van der Waals surface area contributed by atoms with Crippen LogP contribution >= 0.6 is 0 Å². The molecule has 0 saturated carbocycles. The monoisotopic (exact) mass is 368 g/mol. The first-order valence-electron chi connectivity index (χ1n) is 7.56. The molecule has 0 radical (unpaired) electrons. The van der Waals surface area contributed by atoms with E-state index in [1.54, 1.807) is 42.6 Å². The van der Waals surface area contributed by atoms with Crippen LogP contribution in [0.1, 0.15) is 16.1 Å². The number of benzene rings is 1. The molecule has 2 aromatic heterocycles. The second-order valence-corrected chi connectivity index (χ2v) is 6.84. The number of aliphatic hydroxyl groups excluding tert-OH is 1. The van der Waals surface area contributed by atoms with E-state index in [2.05, 4.69) is 10.1 Å². The molecule has 1 aliphatic heterocycles. The van der Waals surface area contributed by atoms with Gasteiger partial charge in [0.15, 0.2) is 5.09 Å². The molecule has 130 valence electrons. The van der Waals surface area contributed by atoms with Crippen LogP contribution in [0.25, 0.3) is 28.6 Å². The minimum Gasteiger partial charge on any atom is -0.500 e. The van der Waals surface area contributed by atoms with Gasteiger partial charge in [0.2, 0.25) is 0 Å². The molecule has 1 unspecified atom stereocenters. The SMILES string of the molecule is COC(=O)c1onc(-c2ccc3c(c2)S(=O)C(O)=C3)c1-c1ccccn1. The molecular formula is C18H12N2O5S. The fraction of sp³-hybridized carbons (Fsp3) is 0.0556. The van der Waals surface area contributed by atoms with Crippen molar-refractivity contribution in [3.05, 3.63) is 59.0 Å². The molecule has 4 rings (SSSR count). The minimum atomic E-state index is -1.63. The van der Waals surface area contributed by atoms with Gasteiger partial charge in [-0.3, -0.25) is 4.98 Å². The Morgan fingerprint density at radius 2 is 2.12 bits per heavy atom. The second-order valence-electron chi connectivity index (χ2n) is 5.45. The summed E-state index contributed by atoms with van der Waals surface area (Å²) in [6.45, 7) is 0. The Morgan fingerprint density at radius 3 is 2.85 bits per heavy atom. The third-order valence-corrected chi connectivity index (χ3v) is 5.19. The lowest BCUT2D eigenvalue weighted by Crippen LogP contribution is -2.02. The zero-order valence-electron chi connectivity index (χ0n) is 13.5. The topological polar surface area (TPSA) is 103 Å². The summed E-state index contributed by atoms with van der Waals surface area (Å²) in [5.41, 5.74) is 2.50. The molecule has 3 heterocycles. The lowest BCUT2D eigenvalue weighted by molar-refractivity contribution is 0.0556. The van der Waals surface area contributed by atoms with Crippen LogP contribution in [0.3, 0.4) is 0 Å². The van der Waals surface area contributed by atoms with Crippen LogP contribution in [-0.4, -0.2) is 32.5 Å². The number of aromatic nitrogens is 2. The van der Waals surface area contributed by atoms with E-state index in [0.717, 1.165) is 0 Å². The van der Waals surface area contributed by atoms with Gasteiger partial charge in [0.25, 0.3) is 5.76 Å². The molecule has 3 aromatic rings. The van der Waals surface area contributed by atoms with E-state index in [9.17, 15) is 14.1 Å². The number of fused-ring (bicyclic) bond motifs is 1. The first-order chi connectivity index (χ1) is 12.6. The molecule has 0 aliphatic carbocycles. The largest absolute Gasteiger partial charge is 0.500 e. The number of nitrogens with zero attached hydrogens (tertiary/aromatic N) is 2. The van der Waals surface area contributed by atoms with E-state index in [1.807, 2.05) is 0 Å². The van der Waals surface area contributed by atoms with Gasteiger partial charge in [-0.05, 0) is 29.8 Å². The summed E-state index contributed by atoms with van der Waals surface area (Å²) in [5, 5.41) is 13.5. The van der Waals surface area contributed by atoms with Gasteiger partial charge in [-0.2, -0.15) is 0 Å². The number of ether oxygens (including phenoxy) is 1. The van der Waals surface area contributed by atoms with Gasteiger partial charge >= 0.3 is 5.97 Å². The molecule has 0 fully saturated rings. The number of rotatable bonds is 3. The number of methoxy groups -OCH3 is 1. The molecule has 1 atom stereocenters. The van der Waals surface area contributed by atoms with Crippen LogP contribution in [0.2, 0.25) is 0 Å². The van der Waals surface area contributed by atoms with E-state index in [4.69, 9.17) is 9.26 Å². The van der Waals surface area contributed by atoms with Crippen molar-refractivity contribution in [2.45, 2.75) is 4.90 Å². The number of carbonyl (C=O) groups is 1. The summed E-state index contributed by atoms with van der Waals surface area (Å²) in [6, 6.07) is 10.4. The number of pyridine rings is 1. The van der Waals surface area contributed by atoms with Crippen molar-refractivity contribution in [1.82, 2.24) is 10.1 Å². The Balaban J connectivity index is 1.90. The fourth-order valence-corrected chi connectivity index (χ4v) is 3.76. The van der Waals surface area contributed by atoms with E-state index >= 15 is 0 Å². The molecule has 0 bridgehead atoms. The van der Waals surface area contributed by atoms with E-state index in [1.165, 1.54) is 13.2 Å².